The summed E-state index contributed by atoms with van der Waals surface area (Å²) in [4.78, 5) is 0. The molecule has 0 nitrogen and oxygen atoms in total. The molecular formula is C28H38. The van der Waals surface area contributed by atoms with Crippen LogP contribution in [0.4, 0.5) is 0 Å². The van der Waals surface area contributed by atoms with Crippen LogP contribution in [0.2, 0.25) is 0 Å². The molecule has 0 bridgehead atoms. The summed E-state index contributed by atoms with van der Waals surface area (Å²) in [6.07, 6.45) is 35.9. The van der Waals surface area contributed by atoms with Gasteiger partial charge in [-0.05, 0) is 119 Å². The number of hydrogen-bond donors (Lipinski definition) is 0. The molecule has 0 spiro atoms. The molecule has 0 amide bonds. The minimum atomic E-state index is 0.339. The van der Waals surface area contributed by atoms with E-state index in [0.717, 1.165) is 11.8 Å². The van der Waals surface area contributed by atoms with E-state index in [4.69, 9.17) is 0 Å². The van der Waals surface area contributed by atoms with Crippen LogP contribution in [0.3, 0.4) is 0 Å². The third-order valence-corrected chi connectivity index (χ3v) is 8.36. The SMILES string of the molecule is C1=CC(C2=C(C3=CCCCC3)C(C3=CCCC3)(C3C=CCC3)CCC2)CCC1. The van der Waals surface area contributed by atoms with Crippen LogP contribution in [-0.2, 0) is 0 Å². The summed E-state index contributed by atoms with van der Waals surface area (Å²) in [5, 5.41) is 0. The Morgan fingerprint density at radius 2 is 1.64 bits per heavy atom. The van der Waals surface area contributed by atoms with Crippen LogP contribution < -0.4 is 0 Å². The van der Waals surface area contributed by atoms with Gasteiger partial charge in [0.05, 0.1) is 0 Å². The van der Waals surface area contributed by atoms with Crippen LogP contribution in [0.25, 0.3) is 0 Å². The van der Waals surface area contributed by atoms with Gasteiger partial charge in [0.1, 0.15) is 0 Å². The van der Waals surface area contributed by atoms with Crippen molar-refractivity contribution in [2.24, 2.45) is 17.3 Å². The molecule has 3 atom stereocenters. The summed E-state index contributed by atoms with van der Waals surface area (Å²) in [7, 11) is 0. The van der Waals surface area contributed by atoms with Crippen LogP contribution in [0.15, 0.2) is 58.7 Å². The fraction of sp³-hybridized carbons (Fsp3) is 0.643. The Hall–Kier alpha value is -1.30. The molecule has 28 heavy (non-hydrogen) atoms. The lowest BCUT2D eigenvalue weighted by Crippen LogP contribution is -2.38. The largest absolute Gasteiger partial charge is 0.0882 e. The third kappa shape index (κ3) is 3.21. The van der Waals surface area contributed by atoms with Crippen molar-refractivity contribution < 1.29 is 0 Å². The standard InChI is InChI=1S/C28H38/c1-3-12-22(13-4-1)26-20-11-21-28(24-16-7-8-17-24,25-18-9-10-19-25)27(26)23-14-5-2-6-15-23/h3,7,12,14,16,18,22,24H,1-2,4-6,8-11,13,15,17,19-21H2. The first-order valence-corrected chi connectivity index (χ1v) is 12.4. The van der Waals surface area contributed by atoms with Crippen LogP contribution in [-0.4, -0.2) is 0 Å². The van der Waals surface area contributed by atoms with E-state index in [2.05, 4.69) is 36.5 Å². The second-order valence-corrected chi connectivity index (χ2v) is 9.90. The van der Waals surface area contributed by atoms with Gasteiger partial charge in [-0.1, -0.05) is 47.6 Å². The van der Waals surface area contributed by atoms with Crippen molar-refractivity contribution in [1.29, 1.82) is 0 Å². The Kier molecular flexibility index (Phi) is 5.49. The molecular weight excluding hydrogens is 336 g/mol. The molecule has 0 fully saturated rings. The molecule has 0 aliphatic heterocycles. The Morgan fingerprint density at radius 3 is 2.36 bits per heavy atom. The van der Waals surface area contributed by atoms with Gasteiger partial charge in [0.2, 0.25) is 0 Å². The second kappa shape index (κ2) is 8.21. The van der Waals surface area contributed by atoms with Crippen molar-refractivity contribution in [3.8, 4) is 0 Å². The zero-order valence-corrected chi connectivity index (χ0v) is 17.7. The molecule has 0 radical (unpaired) electrons. The Bertz CT molecular complexity index is 740. The van der Waals surface area contributed by atoms with Crippen LogP contribution in [0.5, 0.6) is 0 Å². The van der Waals surface area contributed by atoms with Gasteiger partial charge < -0.3 is 0 Å². The van der Waals surface area contributed by atoms with E-state index in [1.165, 1.54) is 96.3 Å². The molecule has 0 N–H and O–H groups in total. The van der Waals surface area contributed by atoms with E-state index in [-0.39, 0.29) is 0 Å². The molecule has 0 heteroatoms. The van der Waals surface area contributed by atoms with E-state index < -0.39 is 0 Å². The molecule has 0 saturated heterocycles. The summed E-state index contributed by atoms with van der Waals surface area (Å²) >= 11 is 0. The number of rotatable bonds is 4. The quantitative estimate of drug-likeness (QED) is 0.433. The maximum atomic E-state index is 2.68. The predicted octanol–water partition coefficient (Wildman–Crippen LogP) is 8.39. The van der Waals surface area contributed by atoms with Crippen molar-refractivity contribution in [2.45, 2.75) is 96.3 Å². The van der Waals surface area contributed by atoms with Crippen LogP contribution in [0, 0.1) is 17.3 Å². The van der Waals surface area contributed by atoms with Gasteiger partial charge in [-0.3, -0.25) is 0 Å². The Morgan fingerprint density at radius 1 is 0.714 bits per heavy atom. The van der Waals surface area contributed by atoms with E-state index in [1.54, 1.807) is 5.57 Å². The highest BCUT2D eigenvalue weighted by Gasteiger charge is 2.48. The van der Waals surface area contributed by atoms with E-state index in [9.17, 15) is 0 Å². The van der Waals surface area contributed by atoms with Gasteiger partial charge in [-0.2, -0.15) is 0 Å². The second-order valence-electron chi connectivity index (χ2n) is 9.90. The van der Waals surface area contributed by atoms with Crippen molar-refractivity contribution in [1.82, 2.24) is 0 Å². The summed E-state index contributed by atoms with van der Waals surface area (Å²) in [6, 6.07) is 0. The van der Waals surface area contributed by atoms with Gasteiger partial charge in [0.15, 0.2) is 0 Å². The maximum absolute atomic E-state index is 2.68. The van der Waals surface area contributed by atoms with Gasteiger partial charge in [0.25, 0.3) is 0 Å². The highest BCUT2D eigenvalue weighted by atomic mass is 14.5. The van der Waals surface area contributed by atoms with Gasteiger partial charge in [-0.15, -0.1) is 0 Å². The molecule has 5 rings (SSSR count). The van der Waals surface area contributed by atoms with E-state index >= 15 is 0 Å². The molecule has 5 aliphatic carbocycles. The summed E-state index contributed by atoms with van der Waals surface area (Å²) < 4.78 is 0. The average Bonchev–Trinajstić information content (AvgIpc) is 3.49. The first kappa shape index (κ1) is 18.7. The fourth-order valence-electron chi connectivity index (χ4n) is 7.17. The zero-order chi connectivity index (χ0) is 18.8. The minimum absolute atomic E-state index is 0.339. The van der Waals surface area contributed by atoms with Crippen molar-refractivity contribution in [2.75, 3.05) is 0 Å². The first-order valence-electron chi connectivity index (χ1n) is 12.4. The van der Waals surface area contributed by atoms with Gasteiger partial charge >= 0.3 is 0 Å². The van der Waals surface area contributed by atoms with E-state index in [0.29, 0.717) is 5.41 Å². The lowest BCUT2D eigenvalue weighted by molar-refractivity contribution is 0.253. The first-order chi connectivity index (χ1) is 13.9. The molecule has 3 unspecified atom stereocenters. The van der Waals surface area contributed by atoms with Crippen LogP contribution >= 0.6 is 0 Å². The van der Waals surface area contributed by atoms with Gasteiger partial charge in [0, 0.05) is 5.41 Å². The topological polar surface area (TPSA) is 0 Å². The molecule has 5 aliphatic rings. The highest BCUT2D eigenvalue weighted by molar-refractivity contribution is 5.52. The summed E-state index contributed by atoms with van der Waals surface area (Å²) in [6.45, 7) is 0. The van der Waals surface area contributed by atoms with Gasteiger partial charge in [-0.25, -0.2) is 0 Å². The fourth-order valence-corrected chi connectivity index (χ4v) is 7.17. The zero-order valence-electron chi connectivity index (χ0n) is 17.7. The monoisotopic (exact) mass is 374 g/mol. The Labute approximate surface area is 172 Å². The Balaban J connectivity index is 1.70. The van der Waals surface area contributed by atoms with Crippen molar-refractivity contribution in [3.63, 3.8) is 0 Å². The maximum Gasteiger partial charge on any atom is 0.0227 e. The normalized spacial score (nSPS) is 36.0. The number of hydrogen-bond acceptors (Lipinski definition) is 0. The third-order valence-electron chi connectivity index (χ3n) is 8.36. The molecule has 0 aromatic carbocycles. The van der Waals surface area contributed by atoms with Crippen molar-refractivity contribution in [3.05, 3.63) is 58.7 Å². The lowest BCUT2D eigenvalue weighted by Gasteiger charge is -2.49. The summed E-state index contributed by atoms with van der Waals surface area (Å²) in [5.74, 6) is 1.47. The number of allylic oxidation sites excluding steroid dienone is 10. The predicted molar refractivity (Wildman–Crippen MR) is 120 cm³/mol. The van der Waals surface area contributed by atoms with E-state index in [1.807, 2.05) is 16.7 Å². The molecule has 0 aromatic heterocycles. The molecule has 0 saturated carbocycles. The molecule has 0 heterocycles. The lowest BCUT2D eigenvalue weighted by atomic mass is 9.55. The van der Waals surface area contributed by atoms with Crippen LogP contribution in [0.1, 0.15) is 96.3 Å². The molecule has 0 aromatic rings. The average molecular weight is 375 g/mol. The summed E-state index contributed by atoms with van der Waals surface area (Å²) in [5.41, 5.74) is 7.68. The molecule has 150 valence electrons. The highest BCUT2D eigenvalue weighted by Crippen LogP contribution is 2.60. The smallest absolute Gasteiger partial charge is 0.0227 e. The van der Waals surface area contributed by atoms with Crippen molar-refractivity contribution >= 4 is 0 Å². The minimum Gasteiger partial charge on any atom is -0.0882 e.